The van der Waals surface area contributed by atoms with Crippen molar-refractivity contribution in [3.8, 4) is 0 Å². The van der Waals surface area contributed by atoms with Crippen LogP contribution in [0.5, 0.6) is 0 Å². The maximum absolute atomic E-state index is 10.7. The number of para-hydroxylation sites is 1. The van der Waals surface area contributed by atoms with Gasteiger partial charge in [-0.05, 0) is 43.0 Å². The molecule has 0 atom stereocenters. The van der Waals surface area contributed by atoms with Crippen LogP contribution in [0.1, 0.15) is 12.8 Å². The van der Waals surface area contributed by atoms with Crippen molar-refractivity contribution in [1.82, 2.24) is 0 Å². The lowest BCUT2D eigenvalue weighted by Gasteiger charge is -2.25. The Morgan fingerprint density at radius 3 is 2.15 bits per heavy atom. The van der Waals surface area contributed by atoms with Gasteiger partial charge in [-0.15, -0.1) is 0 Å². The normalized spacial score (nSPS) is 14.0. The van der Waals surface area contributed by atoms with Crippen molar-refractivity contribution in [3.05, 3.63) is 64.7 Å². The number of non-ortho nitro benzene ring substituents is 1. The molecule has 4 heteroatoms. The Hall–Kier alpha value is -2.36. The van der Waals surface area contributed by atoms with Gasteiger partial charge in [0.15, 0.2) is 0 Å². The minimum Gasteiger partial charge on any atom is -0.341 e. The van der Waals surface area contributed by atoms with Crippen LogP contribution < -0.4 is 4.90 Å². The summed E-state index contributed by atoms with van der Waals surface area (Å²) in [5, 5.41) is 10.7. The van der Waals surface area contributed by atoms with Gasteiger partial charge in [-0.1, -0.05) is 18.2 Å². The zero-order valence-electron chi connectivity index (χ0n) is 11.1. The molecule has 0 bridgehead atoms. The molecule has 3 rings (SSSR count). The minimum absolute atomic E-state index is 0.133. The van der Waals surface area contributed by atoms with E-state index in [2.05, 4.69) is 17.0 Å². The molecular weight excluding hydrogens is 252 g/mol. The van der Waals surface area contributed by atoms with E-state index in [0.717, 1.165) is 23.8 Å². The van der Waals surface area contributed by atoms with Gasteiger partial charge >= 0.3 is 0 Å². The summed E-state index contributed by atoms with van der Waals surface area (Å²) in [6, 6.07) is 17.0. The minimum atomic E-state index is -0.364. The molecule has 1 aliphatic rings. The van der Waals surface area contributed by atoms with Crippen molar-refractivity contribution in [3.63, 3.8) is 0 Å². The third-order valence-electron chi connectivity index (χ3n) is 3.58. The van der Waals surface area contributed by atoms with Gasteiger partial charge in [0.25, 0.3) is 5.69 Å². The molecule has 0 aliphatic heterocycles. The summed E-state index contributed by atoms with van der Waals surface area (Å²) in [4.78, 5) is 12.6. The molecule has 1 fully saturated rings. The van der Waals surface area contributed by atoms with E-state index in [1.54, 1.807) is 12.1 Å². The topological polar surface area (TPSA) is 46.4 Å². The number of hydrogen-bond acceptors (Lipinski definition) is 3. The molecule has 0 radical (unpaired) electrons. The van der Waals surface area contributed by atoms with E-state index in [9.17, 15) is 10.1 Å². The summed E-state index contributed by atoms with van der Waals surface area (Å²) < 4.78 is 0. The van der Waals surface area contributed by atoms with E-state index in [4.69, 9.17) is 0 Å². The molecule has 0 aromatic heterocycles. The number of rotatable bonds is 5. The predicted octanol–water partition coefficient (Wildman–Crippen LogP) is 4.14. The maximum Gasteiger partial charge on any atom is 0.269 e. The second kappa shape index (κ2) is 5.33. The smallest absolute Gasteiger partial charge is 0.269 e. The molecule has 0 heterocycles. The standard InChI is InChI=1S/C16H16N2O2/c19-18(20)16-10-8-15(9-11-16)17(12-13-6-7-13)14-4-2-1-3-5-14/h1-5,8-11,13H,6-7,12H2. The van der Waals surface area contributed by atoms with Crippen LogP contribution in [0.25, 0.3) is 0 Å². The van der Waals surface area contributed by atoms with Crippen molar-refractivity contribution in [2.75, 3.05) is 11.4 Å². The summed E-state index contributed by atoms with van der Waals surface area (Å²) in [5.41, 5.74) is 2.27. The van der Waals surface area contributed by atoms with Gasteiger partial charge in [0.2, 0.25) is 0 Å². The van der Waals surface area contributed by atoms with Gasteiger partial charge in [0, 0.05) is 30.1 Å². The average molecular weight is 268 g/mol. The fourth-order valence-corrected chi connectivity index (χ4v) is 2.28. The lowest BCUT2D eigenvalue weighted by Crippen LogP contribution is -2.19. The molecule has 20 heavy (non-hydrogen) atoms. The molecular formula is C16H16N2O2. The van der Waals surface area contributed by atoms with Gasteiger partial charge in [-0.25, -0.2) is 0 Å². The zero-order valence-corrected chi connectivity index (χ0v) is 11.1. The Balaban J connectivity index is 1.90. The number of anilines is 2. The number of benzene rings is 2. The molecule has 0 amide bonds. The Morgan fingerprint density at radius 2 is 1.60 bits per heavy atom. The van der Waals surface area contributed by atoms with Crippen molar-refractivity contribution in [2.45, 2.75) is 12.8 Å². The third-order valence-corrected chi connectivity index (χ3v) is 3.58. The molecule has 1 aliphatic carbocycles. The predicted molar refractivity (Wildman–Crippen MR) is 79.3 cm³/mol. The molecule has 102 valence electrons. The van der Waals surface area contributed by atoms with Crippen LogP contribution in [-0.4, -0.2) is 11.5 Å². The van der Waals surface area contributed by atoms with Crippen LogP contribution in [0.3, 0.4) is 0 Å². The molecule has 2 aromatic carbocycles. The second-order valence-electron chi connectivity index (χ2n) is 5.16. The quantitative estimate of drug-likeness (QED) is 0.604. The monoisotopic (exact) mass is 268 g/mol. The average Bonchev–Trinajstić information content (AvgIpc) is 3.30. The summed E-state index contributed by atoms with van der Waals surface area (Å²) >= 11 is 0. The number of nitro groups is 1. The van der Waals surface area contributed by atoms with Crippen molar-refractivity contribution < 1.29 is 4.92 Å². The van der Waals surface area contributed by atoms with Crippen LogP contribution in [0.4, 0.5) is 17.1 Å². The first-order valence-corrected chi connectivity index (χ1v) is 6.81. The summed E-state index contributed by atoms with van der Waals surface area (Å²) in [6.07, 6.45) is 2.55. The van der Waals surface area contributed by atoms with Crippen LogP contribution in [-0.2, 0) is 0 Å². The van der Waals surface area contributed by atoms with Crippen LogP contribution >= 0.6 is 0 Å². The van der Waals surface area contributed by atoms with E-state index in [1.807, 2.05) is 30.3 Å². The van der Waals surface area contributed by atoms with Gasteiger partial charge in [0.1, 0.15) is 0 Å². The Bertz CT molecular complexity index is 592. The van der Waals surface area contributed by atoms with Crippen molar-refractivity contribution in [2.24, 2.45) is 5.92 Å². The van der Waals surface area contributed by atoms with E-state index in [0.29, 0.717) is 0 Å². The SMILES string of the molecule is O=[N+]([O-])c1ccc(N(CC2CC2)c2ccccc2)cc1. The Labute approximate surface area is 117 Å². The Kier molecular flexibility index (Phi) is 3.37. The second-order valence-corrected chi connectivity index (χ2v) is 5.16. The van der Waals surface area contributed by atoms with E-state index in [-0.39, 0.29) is 10.6 Å². The largest absolute Gasteiger partial charge is 0.341 e. The highest BCUT2D eigenvalue weighted by Crippen LogP contribution is 2.35. The van der Waals surface area contributed by atoms with Crippen LogP contribution in [0.15, 0.2) is 54.6 Å². The van der Waals surface area contributed by atoms with Gasteiger partial charge in [-0.3, -0.25) is 10.1 Å². The van der Waals surface area contributed by atoms with Gasteiger partial charge < -0.3 is 4.90 Å². The first-order chi connectivity index (χ1) is 9.74. The summed E-state index contributed by atoms with van der Waals surface area (Å²) in [6.45, 7) is 0.974. The van der Waals surface area contributed by atoms with E-state index >= 15 is 0 Å². The summed E-state index contributed by atoms with van der Waals surface area (Å²) in [5.74, 6) is 0.741. The first kappa shape index (κ1) is 12.7. The number of hydrogen-bond donors (Lipinski definition) is 0. The van der Waals surface area contributed by atoms with Crippen LogP contribution in [0.2, 0.25) is 0 Å². The lowest BCUT2D eigenvalue weighted by molar-refractivity contribution is -0.384. The lowest BCUT2D eigenvalue weighted by atomic mass is 10.2. The van der Waals surface area contributed by atoms with Gasteiger partial charge in [-0.2, -0.15) is 0 Å². The molecule has 0 N–H and O–H groups in total. The maximum atomic E-state index is 10.7. The van der Waals surface area contributed by atoms with Gasteiger partial charge in [0.05, 0.1) is 4.92 Å². The molecule has 0 spiro atoms. The van der Waals surface area contributed by atoms with Crippen molar-refractivity contribution >= 4 is 17.1 Å². The number of nitrogens with zero attached hydrogens (tertiary/aromatic N) is 2. The molecule has 0 unspecified atom stereocenters. The fourth-order valence-electron chi connectivity index (χ4n) is 2.28. The Morgan fingerprint density at radius 1 is 1.00 bits per heavy atom. The molecule has 0 saturated heterocycles. The molecule has 1 saturated carbocycles. The summed E-state index contributed by atoms with van der Waals surface area (Å²) in [7, 11) is 0. The molecule has 4 nitrogen and oxygen atoms in total. The highest BCUT2D eigenvalue weighted by molar-refractivity contribution is 5.64. The van der Waals surface area contributed by atoms with E-state index < -0.39 is 0 Å². The fraction of sp³-hybridized carbons (Fsp3) is 0.250. The highest BCUT2D eigenvalue weighted by atomic mass is 16.6. The highest BCUT2D eigenvalue weighted by Gasteiger charge is 2.25. The first-order valence-electron chi connectivity index (χ1n) is 6.81. The van der Waals surface area contributed by atoms with Crippen molar-refractivity contribution in [1.29, 1.82) is 0 Å². The molecule has 2 aromatic rings. The third kappa shape index (κ3) is 2.79. The zero-order chi connectivity index (χ0) is 13.9. The van der Waals surface area contributed by atoms with Crippen LogP contribution in [0, 0.1) is 16.0 Å². The van der Waals surface area contributed by atoms with E-state index in [1.165, 1.54) is 12.8 Å². The number of nitro benzene ring substituents is 1.